The van der Waals surface area contributed by atoms with Gasteiger partial charge in [-0.1, -0.05) is 30.3 Å². The minimum Gasteiger partial charge on any atom is -0.346 e. The molecule has 19 heavy (non-hydrogen) atoms. The molecule has 3 nitrogen and oxygen atoms in total. The maximum absolute atomic E-state index is 5.81. The Bertz CT molecular complexity index is 387. The van der Waals surface area contributed by atoms with E-state index >= 15 is 0 Å². The van der Waals surface area contributed by atoms with Crippen LogP contribution in [-0.2, 0) is 15.9 Å². The number of rotatable bonds is 4. The molecule has 3 rings (SSSR count). The first-order valence-electron chi connectivity index (χ1n) is 7.41. The number of hydrogen-bond donors (Lipinski definition) is 0. The third-order valence-electron chi connectivity index (χ3n) is 4.09. The molecule has 104 valence electrons. The first-order chi connectivity index (χ1) is 9.36. The van der Waals surface area contributed by atoms with Gasteiger partial charge in [0, 0.05) is 6.42 Å². The Kier molecular flexibility index (Phi) is 4.16. The lowest BCUT2D eigenvalue weighted by atomic mass is 10.0. The van der Waals surface area contributed by atoms with Crippen molar-refractivity contribution in [2.24, 2.45) is 0 Å². The summed E-state index contributed by atoms with van der Waals surface area (Å²) in [6.07, 6.45) is 4.61. The summed E-state index contributed by atoms with van der Waals surface area (Å²) in [5.41, 5.74) is 1.43. The van der Waals surface area contributed by atoms with Gasteiger partial charge in [0.25, 0.3) is 0 Å². The van der Waals surface area contributed by atoms with Crippen molar-refractivity contribution in [2.75, 3.05) is 32.8 Å². The fraction of sp³-hybridized carbons (Fsp3) is 0.625. The van der Waals surface area contributed by atoms with Gasteiger partial charge < -0.3 is 9.47 Å². The third-order valence-corrected chi connectivity index (χ3v) is 4.09. The van der Waals surface area contributed by atoms with Crippen molar-refractivity contribution in [1.82, 2.24) is 4.90 Å². The van der Waals surface area contributed by atoms with Crippen molar-refractivity contribution < 1.29 is 9.47 Å². The number of ether oxygens (including phenoxy) is 2. The van der Waals surface area contributed by atoms with E-state index in [1.165, 1.54) is 24.9 Å². The van der Waals surface area contributed by atoms with Gasteiger partial charge in [0.2, 0.25) is 0 Å². The van der Waals surface area contributed by atoms with E-state index in [-0.39, 0.29) is 5.79 Å². The summed E-state index contributed by atoms with van der Waals surface area (Å²) in [6, 6.07) is 10.7. The molecular formula is C16H23NO2. The molecule has 2 aliphatic rings. The molecule has 2 heterocycles. The van der Waals surface area contributed by atoms with Crippen LogP contribution >= 0.6 is 0 Å². The molecule has 0 aromatic heterocycles. The Morgan fingerprint density at radius 1 is 1.11 bits per heavy atom. The lowest BCUT2D eigenvalue weighted by Gasteiger charge is -2.38. The minimum atomic E-state index is -0.273. The molecule has 0 aliphatic carbocycles. The highest BCUT2D eigenvalue weighted by Gasteiger charge is 2.40. The van der Waals surface area contributed by atoms with Crippen LogP contribution in [0.25, 0.3) is 0 Å². The molecule has 0 radical (unpaired) electrons. The molecule has 2 saturated heterocycles. The lowest BCUT2D eigenvalue weighted by molar-refractivity contribution is -0.189. The molecule has 1 spiro atoms. The van der Waals surface area contributed by atoms with Gasteiger partial charge in [-0.3, -0.25) is 4.90 Å². The van der Waals surface area contributed by atoms with Crippen molar-refractivity contribution >= 4 is 0 Å². The van der Waals surface area contributed by atoms with Gasteiger partial charge in [0.05, 0.1) is 19.8 Å². The molecule has 2 aliphatic heterocycles. The Hall–Kier alpha value is -0.900. The first-order valence-corrected chi connectivity index (χ1v) is 7.41. The average Bonchev–Trinajstić information content (AvgIpc) is 2.88. The molecule has 0 atom stereocenters. The Morgan fingerprint density at radius 3 is 2.68 bits per heavy atom. The van der Waals surface area contributed by atoms with Crippen LogP contribution in [0.1, 0.15) is 24.8 Å². The summed E-state index contributed by atoms with van der Waals surface area (Å²) in [5.74, 6) is -0.273. The number of nitrogens with zero attached hydrogens (tertiary/aromatic N) is 1. The summed E-state index contributed by atoms with van der Waals surface area (Å²) in [6.45, 7) is 4.80. The highest BCUT2D eigenvalue weighted by molar-refractivity contribution is 5.14. The Labute approximate surface area is 115 Å². The summed E-state index contributed by atoms with van der Waals surface area (Å²) >= 11 is 0. The van der Waals surface area contributed by atoms with E-state index in [2.05, 4.69) is 35.2 Å². The second kappa shape index (κ2) is 6.04. The van der Waals surface area contributed by atoms with Crippen molar-refractivity contribution in [3.63, 3.8) is 0 Å². The molecule has 3 heteroatoms. The van der Waals surface area contributed by atoms with Gasteiger partial charge in [-0.05, 0) is 37.9 Å². The van der Waals surface area contributed by atoms with Gasteiger partial charge in [-0.2, -0.15) is 0 Å². The molecular weight excluding hydrogens is 238 g/mol. The van der Waals surface area contributed by atoms with Crippen LogP contribution in [0.15, 0.2) is 30.3 Å². The third kappa shape index (κ3) is 3.35. The lowest BCUT2D eigenvalue weighted by Crippen LogP contribution is -2.49. The van der Waals surface area contributed by atoms with Gasteiger partial charge >= 0.3 is 0 Å². The van der Waals surface area contributed by atoms with E-state index in [1.54, 1.807) is 0 Å². The highest BCUT2D eigenvalue weighted by atomic mass is 16.7. The summed E-state index contributed by atoms with van der Waals surface area (Å²) in [5, 5.41) is 0. The smallest absolute Gasteiger partial charge is 0.181 e. The topological polar surface area (TPSA) is 21.7 Å². The summed E-state index contributed by atoms with van der Waals surface area (Å²) < 4.78 is 11.6. The van der Waals surface area contributed by atoms with E-state index in [0.717, 1.165) is 39.1 Å². The van der Waals surface area contributed by atoms with Gasteiger partial charge in [0.1, 0.15) is 0 Å². The van der Waals surface area contributed by atoms with Crippen LogP contribution < -0.4 is 0 Å². The molecule has 0 saturated carbocycles. The quantitative estimate of drug-likeness (QED) is 0.831. The molecule has 2 fully saturated rings. The molecule has 0 N–H and O–H groups in total. The van der Waals surface area contributed by atoms with E-state index in [4.69, 9.17) is 9.47 Å². The van der Waals surface area contributed by atoms with Crippen LogP contribution in [-0.4, -0.2) is 43.5 Å². The molecule has 0 bridgehead atoms. The van der Waals surface area contributed by atoms with E-state index in [1.807, 2.05) is 0 Å². The summed E-state index contributed by atoms with van der Waals surface area (Å²) in [4.78, 5) is 2.50. The number of likely N-dealkylation sites (tertiary alicyclic amines) is 1. The van der Waals surface area contributed by atoms with E-state index < -0.39 is 0 Å². The van der Waals surface area contributed by atoms with Crippen LogP contribution in [0, 0.1) is 0 Å². The van der Waals surface area contributed by atoms with Crippen LogP contribution in [0.5, 0.6) is 0 Å². The SMILES string of the molecule is c1ccc(CCCN2CCCC3(C2)OCCO3)cc1. The van der Waals surface area contributed by atoms with Crippen molar-refractivity contribution in [3.05, 3.63) is 35.9 Å². The molecule has 1 aromatic rings. The predicted molar refractivity (Wildman–Crippen MR) is 75.1 cm³/mol. The number of piperidine rings is 1. The van der Waals surface area contributed by atoms with Crippen LogP contribution in [0.3, 0.4) is 0 Å². The van der Waals surface area contributed by atoms with Gasteiger partial charge in [-0.25, -0.2) is 0 Å². The number of aryl methyl sites for hydroxylation is 1. The Morgan fingerprint density at radius 2 is 1.89 bits per heavy atom. The molecule has 0 unspecified atom stereocenters. The van der Waals surface area contributed by atoms with Gasteiger partial charge in [0.15, 0.2) is 5.79 Å². The van der Waals surface area contributed by atoms with Crippen LogP contribution in [0.4, 0.5) is 0 Å². The largest absolute Gasteiger partial charge is 0.346 e. The first kappa shape index (κ1) is 13.1. The molecule has 1 aromatic carbocycles. The van der Waals surface area contributed by atoms with Crippen molar-refractivity contribution in [1.29, 1.82) is 0 Å². The fourth-order valence-corrected chi connectivity index (χ4v) is 3.15. The fourth-order valence-electron chi connectivity index (χ4n) is 3.15. The van der Waals surface area contributed by atoms with E-state index in [0.29, 0.717) is 0 Å². The zero-order valence-corrected chi connectivity index (χ0v) is 11.5. The molecule has 0 amide bonds. The summed E-state index contributed by atoms with van der Waals surface area (Å²) in [7, 11) is 0. The standard InChI is InChI=1S/C16H23NO2/c1-2-6-15(7-3-1)8-4-10-17-11-5-9-16(14-17)18-12-13-19-16/h1-3,6-7H,4-5,8-14H2. The average molecular weight is 261 g/mol. The van der Waals surface area contributed by atoms with E-state index in [9.17, 15) is 0 Å². The second-order valence-electron chi connectivity index (χ2n) is 5.58. The minimum absolute atomic E-state index is 0.273. The normalized spacial score (nSPS) is 22.9. The Balaban J connectivity index is 1.45. The maximum atomic E-state index is 5.81. The van der Waals surface area contributed by atoms with Crippen molar-refractivity contribution in [2.45, 2.75) is 31.5 Å². The van der Waals surface area contributed by atoms with Crippen molar-refractivity contribution in [3.8, 4) is 0 Å². The predicted octanol–water partition coefficient (Wildman–Crippen LogP) is 2.46. The van der Waals surface area contributed by atoms with Gasteiger partial charge in [-0.15, -0.1) is 0 Å². The maximum Gasteiger partial charge on any atom is 0.181 e. The zero-order chi connectivity index (χ0) is 13.0. The zero-order valence-electron chi connectivity index (χ0n) is 11.5. The second-order valence-corrected chi connectivity index (χ2v) is 5.58. The van der Waals surface area contributed by atoms with Crippen LogP contribution in [0.2, 0.25) is 0 Å². The highest BCUT2D eigenvalue weighted by Crippen LogP contribution is 2.30. The number of hydrogen-bond acceptors (Lipinski definition) is 3. The number of benzene rings is 1. The monoisotopic (exact) mass is 261 g/mol.